The molecule has 1 atom stereocenters. The first-order chi connectivity index (χ1) is 15.8. The number of thiophene rings is 1. The highest BCUT2D eigenvalue weighted by molar-refractivity contribution is 7.20. The Labute approximate surface area is 195 Å². The van der Waals surface area contributed by atoms with Gasteiger partial charge in [-0.15, -0.1) is 11.3 Å². The second-order valence-electron chi connectivity index (χ2n) is 8.31. The Kier molecular flexibility index (Phi) is 6.62. The molecule has 0 amide bonds. The number of nitrogens with one attached hydrogen (secondary N) is 1. The summed E-state index contributed by atoms with van der Waals surface area (Å²) in [6.07, 6.45) is 1.42. The molecule has 0 aliphatic carbocycles. The number of likely N-dealkylation sites (tertiary alicyclic amines) is 1. The van der Waals surface area contributed by atoms with Gasteiger partial charge in [0, 0.05) is 11.5 Å². The topological polar surface area (TPSA) is 113 Å². The number of phenolic OH excluding ortho intramolecular Hbond substituents is 1. The summed E-state index contributed by atoms with van der Waals surface area (Å²) in [5.74, 6) is 0.277. The number of carbonyl (C=O) groups excluding carboxylic acids is 2. The van der Waals surface area contributed by atoms with Crippen LogP contribution < -0.4 is 5.56 Å². The van der Waals surface area contributed by atoms with Gasteiger partial charge in [0.15, 0.2) is 5.78 Å². The molecule has 2 aromatic heterocycles. The average Bonchev–Trinajstić information content (AvgIpc) is 3.16. The van der Waals surface area contributed by atoms with E-state index < -0.39 is 5.97 Å². The number of H-pyrrole nitrogens is 1. The van der Waals surface area contributed by atoms with E-state index in [4.69, 9.17) is 4.74 Å². The van der Waals surface area contributed by atoms with Crippen LogP contribution in [0.4, 0.5) is 0 Å². The monoisotopic (exact) mass is 469 g/mol. The lowest BCUT2D eigenvalue weighted by molar-refractivity contribution is 0.0531. The molecule has 2 N–H and O–H groups in total. The summed E-state index contributed by atoms with van der Waals surface area (Å²) < 4.78 is 5.10. The summed E-state index contributed by atoms with van der Waals surface area (Å²) in [4.78, 5) is 48.5. The van der Waals surface area contributed by atoms with Crippen molar-refractivity contribution in [2.24, 2.45) is 5.92 Å². The molecule has 3 heterocycles. The van der Waals surface area contributed by atoms with Crippen LogP contribution >= 0.6 is 11.3 Å². The van der Waals surface area contributed by atoms with Crippen molar-refractivity contribution >= 4 is 33.3 Å². The average molecular weight is 470 g/mol. The van der Waals surface area contributed by atoms with Gasteiger partial charge in [-0.25, -0.2) is 9.78 Å². The van der Waals surface area contributed by atoms with E-state index in [-0.39, 0.29) is 35.7 Å². The lowest BCUT2D eigenvalue weighted by Crippen LogP contribution is -2.38. The molecule has 174 valence electrons. The van der Waals surface area contributed by atoms with Crippen LogP contribution in [0.1, 0.15) is 64.1 Å². The molecule has 1 saturated heterocycles. The first-order valence-corrected chi connectivity index (χ1v) is 11.9. The molecule has 1 unspecified atom stereocenters. The maximum atomic E-state index is 12.8. The standard InChI is InChI=1S/C24H27N3O5S/c1-4-32-24(31)20-13(2)18-22(30)25-21(26-23(18)33-20)14(3)27-11-9-16(10-12-27)19(29)15-5-7-17(28)8-6-15/h5-8,14,16,28H,4,9-12H2,1-3H3,(H,25,26,30). The predicted octanol–water partition coefficient (Wildman–Crippen LogP) is 3.83. The van der Waals surface area contributed by atoms with Crippen molar-refractivity contribution < 1.29 is 19.4 Å². The van der Waals surface area contributed by atoms with Gasteiger partial charge in [0.1, 0.15) is 21.3 Å². The number of hydrogen-bond donors (Lipinski definition) is 2. The summed E-state index contributed by atoms with van der Waals surface area (Å²) in [6, 6.07) is 6.24. The summed E-state index contributed by atoms with van der Waals surface area (Å²) in [5, 5.41) is 9.86. The van der Waals surface area contributed by atoms with Crippen molar-refractivity contribution in [1.82, 2.24) is 14.9 Å². The molecule has 1 aliphatic heterocycles. The summed E-state index contributed by atoms with van der Waals surface area (Å²) >= 11 is 1.18. The van der Waals surface area contributed by atoms with Gasteiger partial charge in [0.2, 0.25) is 0 Å². The van der Waals surface area contributed by atoms with Gasteiger partial charge in [-0.3, -0.25) is 14.5 Å². The number of phenols is 1. The Morgan fingerprint density at radius 1 is 1.27 bits per heavy atom. The van der Waals surface area contributed by atoms with Crippen LogP contribution in [-0.4, -0.2) is 51.4 Å². The van der Waals surface area contributed by atoms with E-state index in [1.807, 2.05) is 6.92 Å². The second-order valence-corrected chi connectivity index (χ2v) is 9.30. The number of fused-ring (bicyclic) bond motifs is 1. The minimum absolute atomic E-state index is 0.0698. The molecule has 1 aliphatic rings. The maximum absolute atomic E-state index is 12.8. The van der Waals surface area contributed by atoms with Crippen LogP contribution in [0, 0.1) is 12.8 Å². The smallest absolute Gasteiger partial charge is 0.348 e. The van der Waals surface area contributed by atoms with Gasteiger partial charge in [-0.05, 0) is 76.5 Å². The van der Waals surface area contributed by atoms with E-state index in [0.29, 0.717) is 58.0 Å². The number of benzene rings is 1. The minimum atomic E-state index is -0.438. The number of aromatic nitrogens is 2. The van der Waals surface area contributed by atoms with Crippen LogP contribution in [0.15, 0.2) is 29.1 Å². The maximum Gasteiger partial charge on any atom is 0.348 e. The van der Waals surface area contributed by atoms with Crippen LogP contribution in [0.5, 0.6) is 5.75 Å². The fraction of sp³-hybridized carbons (Fsp3) is 0.417. The zero-order chi connectivity index (χ0) is 23.7. The van der Waals surface area contributed by atoms with Crippen molar-refractivity contribution in [1.29, 1.82) is 0 Å². The van der Waals surface area contributed by atoms with Crippen LogP contribution in [0.2, 0.25) is 0 Å². The van der Waals surface area contributed by atoms with Crippen molar-refractivity contribution in [2.45, 2.75) is 39.7 Å². The first kappa shape index (κ1) is 23.1. The molecule has 0 bridgehead atoms. The zero-order valence-corrected chi connectivity index (χ0v) is 19.7. The van der Waals surface area contributed by atoms with E-state index in [9.17, 15) is 19.5 Å². The summed E-state index contributed by atoms with van der Waals surface area (Å²) in [7, 11) is 0. The Bertz CT molecular complexity index is 1240. The van der Waals surface area contributed by atoms with Crippen molar-refractivity contribution in [3.63, 3.8) is 0 Å². The number of carbonyl (C=O) groups is 2. The normalized spacial score (nSPS) is 16.1. The Balaban J connectivity index is 1.49. The number of aryl methyl sites for hydroxylation is 1. The van der Waals surface area contributed by atoms with E-state index in [1.54, 1.807) is 26.0 Å². The molecule has 1 fully saturated rings. The van der Waals surface area contributed by atoms with Crippen LogP contribution in [0.3, 0.4) is 0 Å². The van der Waals surface area contributed by atoms with Gasteiger partial charge < -0.3 is 14.8 Å². The molecular weight excluding hydrogens is 442 g/mol. The van der Waals surface area contributed by atoms with Crippen molar-refractivity contribution in [2.75, 3.05) is 19.7 Å². The van der Waals surface area contributed by atoms with Gasteiger partial charge in [0.25, 0.3) is 5.56 Å². The molecule has 0 saturated carbocycles. The second kappa shape index (κ2) is 9.44. The third kappa shape index (κ3) is 4.56. The third-order valence-corrected chi connectivity index (χ3v) is 7.44. The fourth-order valence-electron chi connectivity index (χ4n) is 4.33. The van der Waals surface area contributed by atoms with Crippen LogP contribution in [-0.2, 0) is 4.74 Å². The Morgan fingerprint density at radius 2 is 1.94 bits per heavy atom. The number of nitrogens with zero attached hydrogens (tertiary/aromatic N) is 2. The quantitative estimate of drug-likeness (QED) is 0.417. The predicted molar refractivity (Wildman–Crippen MR) is 126 cm³/mol. The number of Topliss-reactive ketones (excluding diaryl/α,β-unsaturated/α-hetero) is 1. The number of hydrogen-bond acceptors (Lipinski definition) is 8. The van der Waals surface area contributed by atoms with E-state index in [1.165, 1.54) is 23.5 Å². The van der Waals surface area contributed by atoms with Crippen molar-refractivity contribution in [3.8, 4) is 5.75 Å². The molecule has 3 aromatic rings. The Hall–Kier alpha value is -3.04. The van der Waals surface area contributed by atoms with Gasteiger partial charge in [-0.1, -0.05) is 0 Å². The molecule has 9 heteroatoms. The zero-order valence-electron chi connectivity index (χ0n) is 18.9. The number of aromatic amines is 1. The van der Waals surface area contributed by atoms with Gasteiger partial charge >= 0.3 is 5.97 Å². The van der Waals surface area contributed by atoms with Crippen molar-refractivity contribution in [3.05, 3.63) is 56.4 Å². The van der Waals surface area contributed by atoms with E-state index in [2.05, 4.69) is 14.9 Å². The molecule has 33 heavy (non-hydrogen) atoms. The highest BCUT2D eigenvalue weighted by Gasteiger charge is 2.30. The lowest BCUT2D eigenvalue weighted by Gasteiger charge is -2.35. The third-order valence-electron chi connectivity index (χ3n) is 6.28. The number of ether oxygens (including phenoxy) is 1. The number of piperidine rings is 1. The highest BCUT2D eigenvalue weighted by atomic mass is 32.1. The summed E-state index contributed by atoms with van der Waals surface area (Å²) in [5.41, 5.74) is 0.944. The van der Waals surface area contributed by atoms with Crippen LogP contribution in [0.25, 0.3) is 10.2 Å². The highest BCUT2D eigenvalue weighted by Crippen LogP contribution is 2.31. The van der Waals surface area contributed by atoms with Gasteiger partial charge in [0.05, 0.1) is 18.0 Å². The largest absolute Gasteiger partial charge is 0.508 e. The SMILES string of the molecule is CCOC(=O)c1sc2nc(C(C)N3CCC(C(=O)c4ccc(O)cc4)CC3)[nH]c(=O)c2c1C. The van der Waals surface area contributed by atoms with E-state index >= 15 is 0 Å². The number of ketones is 1. The van der Waals surface area contributed by atoms with Gasteiger partial charge in [-0.2, -0.15) is 0 Å². The molecule has 4 rings (SSSR count). The van der Waals surface area contributed by atoms with E-state index in [0.717, 1.165) is 0 Å². The molecule has 0 spiro atoms. The first-order valence-electron chi connectivity index (χ1n) is 11.1. The summed E-state index contributed by atoms with van der Waals surface area (Å²) in [6.45, 7) is 7.14. The number of aromatic hydroxyl groups is 1. The molecule has 1 aromatic carbocycles. The molecule has 0 radical (unpaired) electrons. The molecular formula is C24H27N3O5S. The Morgan fingerprint density at radius 3 is 2.58 bits per heavy atom. The number of rotatable bonds is 6. The minimum Gasteiger partial charge on any atom is -0.508 e. The number of esters is 1. The molecule has 8 nitrogen and oxygen atoms in total. The fourth-order valence-corrected chi connectivity index (χ4v) is 5.42. The lowest BCUT2D eigenvalue weighted by atomic mass is 9.88.